The van der Waals surface area contributed by atoms with E-state index < -0.39 is 0 Å². The summed E-state index contributed by atoms with van der Waals surface area (Å²) in [6.07, 6.45) is 1.22. The second-order valence-corrected chi connectivity index (χ2v) is 7.64. The number of aromatic hydroxyl groups is 1. The van der Waals surface area contributed by atoms with Gasteiger partial charge < -0.3 is 15.2 Å². The number of rotatable bonds is 8. The van der Waals surface area contributed by atoms with E-state index in [4.69, 9.17) is 16.3 Å². The molecule has 1 amide bonds. The molecule has 0 aliphatic heterocycles. The molecule has 2 rings (SSSR count). The summed E-state index contributed by atoms with van der Waals surface area (Å²) in [4.78, 5) is 13.2. The molecule has 0 aromatic heterocycles. The number of amides is 1. The number of thioether (sulfide) groups is 1. The highest BCUT2D eigenvalue weighted by molar-refractivity contribution is 7.99. The van der Waals surface area contributed by atoms with Crippen molar-refractivity contribution in [1.82, 2.24) is 5.32 Å². The van der Waals surface area contributed by atoms with Crippen molar-refractivity contribution in [2.75, 3.05) is 7.11 Å². The van der Waals surface area contributed by atoms with Crippen molar-refractivity contribution in [3.05, 3.63) is 53.1 Å². The van der Waals surface area contributed by atoms with Crippen molar-refractivity contribution in [1.29, 1.82) is 0 Å². The van der Waals surface area contributed by atoms with Crippen LogP contribution in [0.3, 0.4) is 0 Å². The number of hydrogen-bond acceptors (Lipinski definition) is 4. The fourth-order valence-electron chi connectivity index (χ4n) is 2.32. The molecule has 0 bridgehead atoms. The first kappa shape index (κ1) is 19.5. The molecule has 6 heteroatoms. The summed E-state index contributed by atoms with van der Waals surface area (Å²) in [5.74, 6) is 0.967. The van der Waals surface area contributed by atoms with E-state index >= 15 is 0 Å². The number of carbonyl (C=O) groups excluding carboxylic acids is 1. The third kappa shape index (κ3) is 6.52. The van der Waals surface area contributed by atoms with Crippen LogP contribution in [0.15, 0.2) is 47.4 Å². The van der Waals surface area contributed by atoms with Crippen molar-refractivity contribution in [3.8, 4) is 11.5 Å². The number of ether oxygens (including phenoxy) is 1. The molecule has 2 aromatic rings. The molecule has 134 valence electrons. The quantitative estimate of drug-likeness (QED) is 0.656. The van der Waals surface area contributed by atoms with Gasteiger partial charge in [0, 0.05) is 33.7 Å². The normalized spacial score (nSPS) is 11.8. The Bertz CT molecular complexity index is 706. The highest BCUT2D eigenvalue weighted by Crippen LogP contribution is 2.27. The van der Waals surface area contributed by atoms with Crippen LogP contribution < -0.4 is 10.1 Å². The first-order valence-corrected chi connectivity index (χ1v) is 9.28. The molecule has 2 aromatic carbocycles. The lowest BCUT2D eigenvalue weighted by molar-refractivity contribution is -0.121. The second kappa shape index (κ2) is 9.59. The van der Waals surface area contributed by atoms with Crippen molar-refractivity contribution in [3.63, 3.8) is 0 Å². The molecule has 0 aliphatic rings. The van der Waals surface area contributed by atoms with E-state index in [2.05, 4.69) is 12.2 Å². The van der Waals surface area contributed by atoms with Crippen LogP contribution in [0, 0.1) is 0 Å². The summed E-state index contributed by atoms with van der Waals surface area (Å²) in [6, 6.07) is 12.4. The lowest BCUT2D eigenvalue weighted by Gasteiger charge is -2.12. The lowest BCUT2D eigenvalue weighted by Crippen LogP contribution is -2.23. The maximum atomic E-state index is 12.1. The fourth-order valence-corrected chi connectivity index (χ4v) is 3.51. The van der Waals surface area contributed by atoms with Gasteiger partial charge in [0.15, 0.2) is 0 Å². The van der Waals surface area contributed by atoms with Crippen LogP contribution in [0.5, 0.6) is 11.5 Å². The molecule has 0 saturated carbocycles. The van der Waals surface area contributed by atoms with Crippen LogP contribution in [0.4, 0.5) is 0 Å². The van der Waals surface area contributed by atoms with Gasteiger partial charge >= 0.3 is 0 Å². The minimum Gasteiger partial charge on any atom is -0.508 e. The number of phenols is 1. The van der Waals surface area contributed by atoms with Crippen LogP contribution in [-0.2, 0) is 11.3 Å². The molecule has 25 heavy (non-hydrogen) atoms. The Morgan fingerprint density at radius 2 is 2.00 bits per heavy atom. The van der Waals surface area contributed by atoms with E-state index in [1.165, 1.54) is 0 Å². The molecule has 4 nitrogen and oxygen atoms in total. The van der Waals surface area contributed by atoms with Gasteiger partial charge in [-0.2, -0.15) is 0 Å². The van der Waals surface area contributed by atoms with Gasteiger partial charge in [0.25, 0.3) is 0 Å². The van der Waals surface area contributed by atoms with Gasteiger partial charge in [0.1, 0.15) is 11.5 Å². The van der Waals surface area contributed by atoms with Gasteiger partial charge in [-0.3, -0.25) is 4.79 Å². The monoisotopic (exact) mass is 379 g/mol. The minimum atomic E-state index is 0.000171. The fraction of sp³-hybridized carbons (Fsp3) is 0.316. The summed E-state index contributed by atoms with van der Waals surface area (Å²) in [7, 11) is 1.59. The third-order valence-corrected chi connectivity index (χ3v) is 5.09. The Labute approximate surface area is 157 Å². The average Bonchev–Trinajstić information content (AvgIpc) is 2.60. The standard InChI is InChI=1S/C19H22ClNO3S/c1-13(25-17-7-5-16(22)6-8-17)3-10-19(23)21-12-14-11-15(20)4-9-18(14)24-2/h4-9,11,13,22H,3,10,12H2,1-2H3,(H,21,23). The molecule has 0 aliphatic carbocycles. The zero-order chi connectivity index (χ0) is 18.2. The Morgan fingerprint density at radius 1 is 1.28 bits per heavy atom. The zero-order valence-corrected chi connectivity index (χ0v) is 15.9. The van der Waals surface area contributed by atoms with Gasteiger partial charge in [0.2, 0.25) is 5.91 Å². The van der Waals surface area contributed by atoms with Crippen LogP contribution in [0.1, 0.15) is 25.3 Å². The van der Waals surface area contributed by atoms with E-state index in [-0.39, 0.29) is 11.7 Å². The lowest BCUT2D eigenvalue weighted by atomic mass is 10.2. The summed E-state index contributed by atoms with van der Waals surface area (Å²) in [6.45, 7) is 2.48. The number of carbonyl (C=O) groups is 1. The number of benzene rings is 2. The number of halogens is 1. The molecular formula is C19H22ClNO3S. The van der Waals surface area contributed by atoms with E-state index in [0.717, 1.165) is 16.9 Å². The smallest absolute Gasteiger partial charge is 0.220 e. The predicted octanol–water partition coefficient (Wildman–Crippen LogP) is 4.63. The second-order valence-electron chi connectivity index (χ2n) is 5.69. The van der Waals surface area contributed by atoms with Crippen molar-refractivity contribution in [2.45, 2.75) is 36.5 Å². The van der Waals surface area contributed by atoms with Crippen molar-refractivity contribution >= 4 is 29.3 Å². The Hall–Kier alpha value is -1.85. The Morgan fingerprint density at radius 3 is 2.68 bits per heavy atom. The van der Waals surface area contributed by atoms with Crippen LogP contribution in [-0.4, -0.2) is 23.4 Å². The molecule has 0 radical (unpaired) electrons. The predicted molar refractivity (Wildman–Crippen MR) is 103 cm³/mol. The maximum absolute atomic E-state index is 12.1. The molecular weight excluding hydrogens is 358 g/mol. The van der Waals surface area contributed by atoms with Crippen LogP contribution in [0.25, 0.3) is 0 Å². The first-order valence-electron chi connectivity index (χ1n) is 8.02. The average molecular weight is 380 g/mol. The van der Waals surface area contributed by atoms with Gasteiger partial charge in [-0.1, -0.05) is 18.5 Å². The van der Waals surface area contributed by atoms with E-state index in [9.17, 15) is 9.90 Å². The SMILES string of the molecule is COc1ccc(Cl)cc1CNC(=O)CCC(C)Sc1ccc(O)cc1. The summed E-state index contributed by atoms with van der Waals surface area (Å²) in [5, 5.41) is 13.1. The minimum absolute atomic E-state index is 0.000171. The summed E-state index contributed by atoms with van der Waals surface area (Å²) >= 11 is 7.68. The van der Waals surface area contributed by atoms with Gasteiger partial charge in [-0.15, -0.1) is 11.8 Å². The number of methoxy groups -OCH3 is 1. The van der Waals surface area contributed by atoms with Crippen molar-refractivity contribution < 1.29 is 14.6 Å². The molecule has 0 fully saturated rings. The van der Waals surface area contributed by atoms with E-state index in [1.807, 2.05) is 12.1 Å². The Kier molecular flexibility index (Phi) is 7.47. The number of nitrogens with one attached hydrogen (secondary N) is 1. The number of hydrogen-bond donors (Lipinski definition) is 2. The molecule has 0 saturated heterocycles. The summed E-state index contributed by atoms with van der Waals surface area (Å²) in [5.41, 5.74) is 0.856. The zero-order valence-electron chi connectivity index (χ0n) is 14.3. The van der Waals surface area contributed by atoms with Crippen LogP contribution in [0.2, 0.25) is 5.02 Å². The Balaban J connectivity index is 1.77. The van der Waals surface area contributed by atoms with E-state index in [1.54, 1.807) is 49.2 Å². The van der Waals surface area contributed by atoms with Gasteiger partial charge in [0.05, 0.1) is 7.11 Å². The van der Waals surface area contributed by atoms with Crippen LogP contribution >= 0.6 is 23.4 Å². The van der Waals surface area contributed by atoms with Crippen molar-refractivity contribution in [2.24, 2.45) is 0 Å². The molecule has 1 unspecified atom stereocenters. The number of phenolic OH excluding ortho intramolecular Hbond substituents is 1. The first-order chi connectivity index (χ1) is 12.0. The molecule has 1 atom stereocenters. The topological polar surface area (TPSA) is 58.6 Å². The molecule has 2 N–H and O–H groups in total. The highest BCUT2D eigenvalue weighted by Gasteiger charge is 2.10. The molecule has 0 heterocycles. The van der Waals surface area contributed by atoms with Gasteiger partial charge in [-0.25, -0.2) is 0 Å². The third-order valence-electron chi connectivity index (χ3n) is 3.67. The summed E-state index contributed by atoms with van der Waals surface area (Å²) < 4.78 is 5.27. The largest absolute Gasteiger partial charge is 0.508 e. The molecule has 0 spiro atoms. The van der Waals surface area contributed by atoms with E-state index in [0.29, 0.717) is 29.0 Å². The maximum Gasteiger partial charge on any atom is 0.220 e. The van der Waals surface area contributed by atoms with Gasteiger partial charge in [-0.05, 0) is 48.9 Å². The highest BCUT2D eigenvalue weighted by atomic mass is 35.5.